The van der Waals surface area contributed by atoms with Gasteiger partial charge in [0, 0.05) is 37.4 Å². The van der Waals surface area contributed by atoms with Crippen LogP contribution in [0, 0.1) is 12.8 Å². The minimum Gasteiger partial charge on any atom is -0.396 e. The number of carbonyl (C=O) groups is 1. The van der Waals surface area contributed by atoms with Crippen LogP contribution in [0.4, 0.5) is 0 Å². The van der Waals surface area contributed by atoms with Crippen LogP contribution in [0.2, 0.25) is 0 Å². The molecule has 7 heteroatoms. The molecule has 0 aliphatic carbocycles. The Balaban J connectivity index is 1.93. The molecule has 1 aromatic heterocycles. The summed E-state index contributed by atoms with van der Waals surface area (Å²) in [4.78, 5) is 41.4. The van der Waals surface area contributed by atoms with E-state index in [1.165, 1.54) is 0 Å². The van der Waals surface area contributed by atoms with Crippen LogP contribution >= 0.6 is 0 Å². The van der Waals surface area contributed by atoms with Crippen LogP contribution in [-0.2, 0) is 11.2 Å². The molecule has 2 heterocycles. The Hall–Kier alpha value is -1.89. The smallest absolute Gasteiger partial charge is 0.325 e. The molecule has 2 rings (SSSR count). The Morgan fingerprint density at radius 3 is 2.81 bits per heavy atom. The number of amides is 1. The van der Waals surface area contributed by atoms with Crippen LogP contribution < -0.4 is 11.2 Å². The van der Waals surface area contributed by atoms with E-state index in [0.717, 1.165) is 12.8 Å². The van der Waals surface area contributed by atoms with E-state index in [1.807, 2.05) is 0 Å². The summed E-state index contributed by atoms with van der Waals surface area (Å²) in [5, 5.41) is 8.92. The standard InChI is InChI=1S/C14H21N3O4/c1-9-11(13(20)16-14(21)15-9)2-3-12(19)17-6-4-10(8-17)5-7-18/h10,18H,2-8H2,1H3,(H2,15,16,20,21). The third kappa shape index (κ3) is 3.81. The Morgan fingerprint density at radius 2 is 2.14 bits per heavy atom. The number of aliphatic hydroxyl groups is 1. The molecule has 0 bridgehead atoms. The zero-order chi connectivity index (χ0) is 15.4. The van der Waals surface area contributed by atoms with E-state index in [9.17, 15) is 14.4 Å². The summed E-state index contributed by atoms with van der Waals surface area (Å²) < 4.78 is 0. The molecule has 0 radical (unpaired) electrons. The number of aryl methyl sites for hydroxylation is 1. The van der Waals surface area contributed by atoms with Crippen molar-refractivity contribution in [1.29, 1.82) is 0 Å². The zero-order valence-electron chi connectivity index (χ0n) is 12.1. The molecule has 1 amide bonds. The summed E-state index contributed by atoms with van der Waals surface area (Å²) in [7, 11) is 0. The van der Waals surface area contributed by atoms with Crippen molar-refractivity contribution in [2.45, 2.75) is 32.6 Å². The number of hydrogen-bond acceptors (Lipinski definition) is 4. The van der Waals surface area contributed by atoms with Gasteiger partial charge in [-0.15, -0.1) is 0 Å². The second-order valence-electron chi connectivity index (χ2n) is 5.52. The lowest BCUT2D eigenvalue weighted by Crippen LogP contribution is -2.31. The molecule has 3 N–H and O–H groups in total. The van der Waals surface area contributed by atoms with E-state index in [-0.39, 0.29) is 18.9 Å². The van der Waals surface area contributed by atoms with Crippen LogP contribution in [0.3, 0.4) is 0 Å². The van der Waals surface area contributed by atoms with Gasteiger partial charge in [-0.25, -0.2) is 4.79 Å². The Labute approximate surface area is 122 Å². The highest BCUT2D eigenvalue weighted by Gasteiger charge is 2.25. The molecular formula is C14H21N3O4. The third-order valence-electron chi connectivity index (χ3n) is 4.02. The van der Waals surface area contributed by atoms with Crippen LogP contribution in [0.15, 0.2) is 9.59 Å². The van der Waals surface area contributed by atoms with Crippen LogP contribution in [-0.4, -0.2) is 45.6 Å². The molecule has 0 saturated carbocycles. The van der Waals surface area contributed by atoms with Gasteiger partial charge in [0.15, 0.2) is 0 Å². The first-order valence-corrected chi connectivity index (χ1v) is 7.22. The summed E-state index contributed by atoms with van der Waals surface area (Å²) in [5.41, 5.74) is 0.00720. The highest BCUT2D eigenvalue weighted by Crippen LogP contribution is 2.20. The van der Waals surface area contributed by atoms with Crippen LogP contribution in [0.5, 0.6) is 0 Å². The number of rotatable bonds is 5. The van der Waals surface area contributed by atoms with Gasteiger partial charge in [-0.05, 0) is 32.1 Å². The number of aromatic nitrogens is 2. The number of H-pyrrole nitrogens is 2. The van der Waals surface area contributed by atoms with E-state index < -0.39 is 11.2 Å². The molecule has 1 saturated heterocycles. The fourth-order valence-electron chi connectivity index (χ4n) is 2.79. The Morgan fingerprint density at radius 1 is 1.38 bits per heavy atom. The molecule has 1 atom stereocenters. The number of carbonyl (C=O) groups excluding carboxylic acids is 1. The molecule has 21 heavy (non-hydrogen) atoms. The topological polar surface area (TPSA) is 106 Å². The van der Waals surface area contributed by atoms with Crippen molar-refractivity contribution in [1.82, 2.24) is 14.9 Å². The average Bonchev–Trinajstić information content (AvgIpc) is 2.86. The maximum atomic E-state index is 12.1. The lowest BCUT2D eigenvalue weighted by Gasteiger charge is -2.16. The number of nitrogens with zero attached hydrogens (tertiary/aromatic N) is 1. The van der Waals surface area contributed by atoms with Gasteiger partial charge < -0.3 is 15.0 Å². The molecule has 1 unspecified atom stereocenters. The first kappa shape index (κ1) is 15.5. The van der Waals surface area contributed by atoms with Crippen molar-refractivity contribution in [3.63, 3.8) is 0 Å². The first-order valence-electron chi connectivity index (χ1n) is 7.22. The van der Waals surface area contributed by atoms with Gasteiger partial charge in [0.2, 0.25) is 5.91 Å². The molecule has 116 valence electrons. The Bertz CT molecular complexity index is 619. The average molecular weight is 295 g/mol. The number of nitrogens with one attached hydrogen (secondary N) is 2. The van der Waals surface area contributed by atoms with Gasteiger partial charge >= 0.3 is 5.69 Å². The predicted octanol–water partition coefficient (Wildman–Crippen LogP) is -0.465. The summed E-state index contributed by atoms with van der Waals surface area (Å²) in [5.74, 6) is 0.387. The minimum absolute atomic E-state index is 0.0143. The van der Waals surface area contributed by atoms with Crippen molar-refractivity contribution in [2.75, 3.05) is 19.7 Å². The monoisotopic (exact) mass is 295 g/mol. The predicted molar refractivity (Wildman–Crippen MR) is 77.1 cm³/mol. The van der Waals surface area contributed by atoms with Gasteiger partial charge in [-0.2, -0.15) is 0 Å². The largest absolute Gasteiger partial charge is 0.396 e. The Kier molecular flexibility index (Phi) is 4.95. The molecule has 0 aromatic carbocycles. The van der Waals surface area contributed by atoms with E-state index in [4.69, 9.17) is 5.11 Å². The first-order chi connectivity index (χ1) is 10.0. The van der Waals surface area contributed by atoms with Crippen molar-refractivity contribution >= 4 is 5.91 Å². The van der Waals surface area contributed by atoms with E-state index in [2.05, 4.69) is 9.97 Å². The van der Waals surface area contributed by atoms with Crippen molar-refractivity contribution in [2.24, 2.45) is 5.92 Å². The fraction of sp³-hybridized carbons (Fsp3) is 0.643. The maximum Gasteiger partial charge on any atom is 0.325 e. The second-order valence-corrected chi connectivity index (χ2v) is 5.52. The van der Waals surface area contributed by atoms with Gasteiger partial charge in [-0.3, -0.25) is 14.6 Å². The highest BCUT2D eigenvalue weighted by molar-refractivity contribution is 5.76. The quantitative estimate of drug-likeness (QED) is 0.683. The van der Waals surface area contributed by atoms with E-state index in [0.29, 0.717) is 36.7 Å². The normalized spacial score (nSPS) is 18.2. The summed E-state index contributed by atoms with van der Waals surface area (Å²) >= 11 is 0. The third-order valence-corrected chi connectivity index (χ3v) is 4.02. The fourth-order valence-corrected chi connectivity index (χ4v) is 2.79. The summed E-state index contributed by atoms with van der Waals surface area (Å²) in [6.45, 7) is 3.20. The van der Waals surface area contributed by atoms with Gasteiger partial charge in [0.25, 0.3) is 5.56 Å². The lowest BCUT2D eigenvalue weighted by molar-refractivity contribution is -0.130. The molecule has 1 aliphatic rings. The summed E-state index contributed by atoms with van der Waals surface area (Å²) in [6, 6.07) is 0. The maximum absolute atomic E-state index is 12.1. The minimum atomic E-state index is -0.529. The van der Waals surface area contributed by atoms with Gasteiger partial charge in [0.1, 0.15) is 0 Å². The van der Waals surface area contributed by atoms with Crippen molar-refractivity contribution in [3.8, 4) is 0 Å². The SMILES string of the molecule is Cc1[nH]c(=O)[nH]c(=O)c1CCC(=O)N1CCC(CCO)C1. The molecular weight excluding hydrogens is 274 g/mol. The highest BCUT2D eigenvalue weighted by atomic mass is 16.3. The van der Waals surface area contributed by atoms with Gasteiger partial charge in [0.05, 0.1) is 0 Å². The summed E-state index contributed by atoms with van der Waals surface area (Å²) in [6.07, 6.45) is 2.22. The number of aromatic amines is 2. The number of aliphatic hydroxyl groups excluding tert-OH is 1. The zero-order valence-corrected chi connectivity index (χ0v) is 12.1. The van der Waals surface area contributed by atoms with Crippen molar-refractivity contribution in [3.05, 3.63) is 32.1 Å². The number of likely N-dealkylation sites (tertiary alicyclic amines) is 1. The molecule has 0 spiro atoms. The molecule has 1 aliphatic heterocycles. The van der Waals surface area contributed by atoms with E-state index in [1.54, 1.807) is 11.8 Å². The van der Waals surface area contributed by atoms with Crippen LogP contribution in [0.25, 0.3) is 0 Å². The lowest BCUT2D eigenvalue weighted by atomic mass is 10.1. The molecule has 1 fully saturated rings. The van der Waals surface area contributed by atoms with Crippen molar-refractivity contribution < 1.29 is 9.90 Å². The second kappa shape index (κ2) is 6.71. The van der Waals surface area contributed by atoms with Gasteiger partial charge in [-0.1, -0.05) is 0 Å². The van der Waals surface area contributed by atoms with Crippen LogP contribution in [0.1, 0.15) is 30.5 Å². The molecule has 1 aromatic rings. The van der Waals surface area contributed by atoms with E-state index >= 15 is 0 Å². The molecule has 7 nitrogen and oxygen atoms in total. The number of hydrogen-bond donors (Lipinski definition) is 3.